The second-order valence-electron chi connectivity index (χ2n) is 4.68. The van der Waals surface area contributed by atoms with Gasteiger partial charge in [-0.05, 0) is 42.7 Å². The van der Waals surface area contributed by atoms with Gasteiger partial charge in [0.2, 0.25) is 5.91 Å². The molecule has 4 heteroatoms. The van der Waals surface area contributed by atoms with E-state index in [9.17, 15) is 4.79 Å². The Kier molecular flexibility index (Phi) is 4.77. The lowest BCUT2D eigenvalue weighted by Crippen LogP contribution is -2.38. The highest BCUT2D eigenvalue weighted by Crippen LogP contribution is 2.18. The molecular weight excluding hydrogens is 272 g/mol. The van der Waals surface area contributed by atoms with Crippen molar-refractivity contribution in [2.24, 2.45) is 5.84 Å². The molecular formula is C16H17ClN2O. The van der Waals surface area contributed by atoms with Crippen molar-refractivity contribution in [1.29, 1.82) is 0 Å². The summed E-state index contributed by atoms with van der Waals surface area (Å²) in [5.74, 6) is 5.79. The third-order valence-electron chi connectivity index (χ3n) is 3.18. The summed E-state index contributed by atoms with van der Waals surface area (Å²) >= 11 is 5.83. The van der Waals surface area contributed by atoms with E-state index in [-0.39, 0.29) is 5.91 Å². The molecule has 0 saturated heterocycles. The molecule has 2 N–H and O–H groups in total. The maximum absolute atomic E-state index is 12.1. The molecule has 2 aromatic carbocycles. The molecule has 1 amide bonds. The Balaban J connectivity index is 1.98. The number of amides is 1. The highest BCUT2D eigenvalue weighted by atomic mass is 35.5. The first-order chi connectivity index (χ1) is 9.58. The minimum atomic E-state index is -0.103. The van der Waals surface area contributed by atoms with Gasteiger partial charge in [0.15, 0.2) is 0 Å². The molecule has 0 heterocycles. The average molecular weight is 289 g/mol. The van der Waals surface area contributed by atoms with Gasteiger partial charge in [-0.25, -0.2) is 10.9 Å². The van der Waals surface area contributed by atoms with Crippen molar-refractivity contribution in [2.75, 3.05) is 5.01 Å². The van der Waals surface area contributed by atoms with Crippen LogP contribution in [0.2, 0.25) is 5.02 Å². The summed E-state index contributed by atoms with van der Waals surface area (Å²) < 4.78 is 0. The minimum absolute atomic E-state index is 0.103. The Labute approximate surface area is 123 Å². The lowest BCUT2D eigenvalue weighted by atomic mass is 10.1. The van der Waals surface area contributed by atoms with Gasteiger partial charge in [0.05, 0.1) is 5.69 Å². The van der Waals surface area contributed by atoms with E-state index < -0.39 is 0 Å². The summed E-state index contributed by atoms with van der Waals surface area (Å²) in [5.41, 5.74) is 2.80. The van der Waals surface area contributed by atoms with Crippen LogP contribution in [0.3, 0.4) is 0 Å². The number of aryl methyl sites for hydroxylation is 2. The lowest BCUT2D eigenvalue weighted by Gasteiger charge is -2.18. The topological polar surface area (TPSA) is 46.3 Å². The van der Waals surface area contributed by atoms with E-state index in [1.165, 1.54) is 5.01 Å². The first kappa shape index (κ1) is 14.6. The van der Waals surface area contributed by atoms with Crippen LogP contribution in [-0.2, 0) is 11.2 Å². The molecule has 0 radical (unpaired) electrons. The van der Waals surface area contributed by atoms with Crippen molar-refractivity contribution in [3.05, 3.63) is 64.7 Å². The van der Waals surface area contributed by atoms with Gasteiger partial charge in [0, 0.05) is 11.4 Å². The second-order valence-corrected chi connectivity index (χ2v) is 5.11. The van der Waals surface area contributed by atoms with Gasteiger partial charge in [-0.1, -0.05) is 41.9 Å². The van der Waals surface area contributed by atoms with Gasteiger partial charge in [-0.3, -0.25) is 4.79 Å². The van der Waals surface area contributed by atoms with Gasteiger partial charge < -0.3 is 0 Å². The van der Waals surface area contributed by atoms with Crippen LogP contribution in [0.25, 0.3) is 0 Å². The third kappa shape index (κ3) is 3.59. The maximum atomic E-state index is 12.1. The summed E-state index contributed by atoms with van der Waals surface area (Å²) in [6.07, 6.45) is 1.02. The van der Waals surface area contributed by atoms with Crippen LogP contribution in [0, 0.1) is 6.92 Å². The molecule has 20 heavy (non-hydrogen) atoms. The molecule has 0 unspecified atom stereocenters. The number of hydrogen-bond donors (Lipinski definition) is 1. The van der Waals surface area contributed by atoms with Gasteiger partial charge in [0.25, 0.3) is 0 Å². The van der Waals surface area contributed by atoms with Crippen molar-refractivity contribution in [1.82, 2.24) is 0 Å². The van der Waals surface area contributed by atoms with E-state index >= 15 is 0 Å². The molecule has 0 aliphatic heterocycles. The highest BCUT2D eigenvalue weighted by molar-refractivity contribution is 6.30. The number of hydrazine groups is 1. The number of hydrogen-bond acceptors (Lipinski definition) is 2. The fourth-order valence-corrected chi connectivity index (χ4v) is 2.12. The Morgan fingerprint density at radius 2 is 1.80 bits per heavy atom. The number of nitrogens with zero attached hydrogens (tertiary/aromatic N) is 1. The SMILES string of the molecule is Cc1ccccc1N(N)C(=O)CCc1ccc(Cl)cc1. The van der Waals surface area contributed by atoms with Crippen molar-refractivity contribution in [3.63, 3.8) is 0 Å². The summed E-state index contributed by atoms with van der Waals surface area (Å²) in [7, 11) is 0. The van der Waals surface area contributed by atoms with Crippen molar-refractivity contribution >= 4 is 23.2 Å². The Bertz CT molecular complexity index is 596. The number of carbonyl (C=O) groups excluding carboxylic acids is 1. The van der Waals surface area contributed by atoms with Crippen LogP contribution < -0.4 is 10.9 Å². The largest absolute Gasteiger partial charge is 0.273 e. The predicted molar refractivity (Wildman–Crippen MR) is 82.6 cm³/mol. The zero-order valence-corrected chi connectivity index (χ0v) is 12.1. The monoisotopic (exact) mass is 288 g/mol. The number of para-hydroxylation sites is 1. The Morgan fingerprint density at radius 3 is 2.45 bits per heavy atom. The zero-order chi connectivity index (χ0) is 14.5. The van der Waals surface area contributed by atoms with Crippen LogP contribution in [0.4, 0.5) is 5.69 Å². The van der Waals surface area contributed by atoms with Gasteiger partial charge in [-0.2, -0.15) is 0 Å². The predicted octanol–water partition coefficient (Wildman–Crippen LogP) is 3.49. The van der Waals surface area contributed by atoms with E-state index in [1.54, 1.807) is 0 Å². The van der Waals surface area contributed by atoms with E-state index in [4.69, 9.17) is 17.4 Å². The number of benzene rings is 2. The highest BCUT2D eigenvalue weighted by Gasteiger charge is 2.13. The molecule has 2 aromatic rings. The smallest absolute Gasteiger partial charge is 0.241 e. The summed E-state index contributed by atoms with van der Waals surface area (Å²) in [4.78, 5) is 12.1. The van der Waals surface area contributed by atoms with Gasteiger partial charge >= 0.3 is 0 Å². The first-order valence-electron chi connectivity index (χ1n) is 6.45. The molecule has 0 fully saturated rings. The number of anilines is 1. The fourth-order valence-electron chi connectivity index (χ4n) is 1.99. The van der Waals surface area contributed by atoms with E-state index in [2.05, 4.69) is 0 Å². The van der Waals surface area contributed by atoms with Crippen LogP contribution in [0.5, 0.6) is 0 Å². The lowest BCUT2D eigenvalue weighted by molar-refractivity contribution is -0.118. The van der Waals surface area contributed by atoms with Crippen LogP contribution in [0.15, 0.2) is 48.5 Å². The van der Waals surface area contributed by atoms with Crippen LogP contribution in [0.1, 0.15) is 17.5 Å². The number of halogens is 1. The number of carbonyl (C=O) groups is 1. The maximum Gasteiger partial charge on any atom is 0.241 e. The molecule has 0 atom stereocenters. The van der Waals surface area contributed by atoms with Crippen LogP contribution >= 0.6 is 11.6 Å². The molecule has 2 rings (SSSR count). The van der Waals surface area contributed by atoms with E-state index in [0.717, 1.165) is 16.8 Å². The Morgan fingerprint density at radius 1 is 1.15 bits per heavy atom. The van der Waals surface area contributed by atoms with Gasteiger partial charge in [0.1, 0.15) is 0 Å². The van der Waals surface area contributed by atoms with Crippen molar-refractivity contribution in [2.45, 2.75) is 19.8 Å². The van der Waals surface area contributed by atoms with E-state index in [1.807, 2.05) is 55.5 Å². The number of rotatable bonds is 4. The standard InChI is InChI=1S/C16H17ClN2O/c1-12-4-2-3-5-15(12)19(18)16(20)11-8-13-6-9-14(17)10-7-13/h2-7,9-10H,8,11,18H2,1H3. The summed E-state index contributed by atoms with van der Waals surface area (Å²) in [5, 5.41) is 1.92. The fraction of sp³-hybridized carbons (Fsp3) is 0.188. The Hall–Kier alpha value is -1.84. The van der Waals surface area contributed by atoms with Crippen molar-refractivity contribution in [3.8, 4) is 0 Å². The van der Waals surface area contributed by atoms with E-state index in [0.29, 0.717) is 17.9 Å². The van der Waals surface area contributed by atoms with Crippen LogP contribution in [-0.4, -0.2) is 5.91 Å². The number of nitrogens with two attached hydrogens (primary N) is 1. The molecule has 0 bridgehead atoms. The zero-order valence-electron chi connectivity index (χ0n) is 11.3. The van der Waals surface area contributed by atoms with Crippen molar-refractivity contribution < 1.29 is 4.79 Å². The molecule has 0 spiro atoms. The normalized spacial score (nSPS) is 10.3. The summed E-state index contributed by atoms with van der Waals surface area (Å²) in [6.45, 7) is 1.93. The molecule has 0 aliphatic rings. The van der Waals surface area contributed by atoms with Gasteiger partial charge in [-0.15, -0.1) is 0 Å². The molecule has 104 valence electrons. The summed E-state index contributed by atoms with van der Waals surface area (Å²) in [6, 6.07) is 15.1. The molecule has 3 nitrogen and oxygen atoms in total. The minimum Gasteiger partial charge on any atom is -0.273 e. The average Bonchev–Trinajstić information content (AvgIpc) is 2.46. The first-order valence-corrected chi connectivity index (χ1v) is 6.83. The second kappa shape index (κ2) is 6.55. The molecule has 0 aliphatic carbocycles. The third-order valence-corrected chi connectivity index (χ3v) is 3.44. The molecule has 0 aromatic heterocycles. The quantitative estimate of drug-likeness (QED) is 0.532. The molecule has 0 saturated carbocycles.